The van der Waals surface area contributed by atoms with E-state index < -0.39 is 36.0 Å². The number of ether oxygens (including phenoxy) is 1. The monoisotopic (exact) mass is 564 g/mol. The van der Waals surface area contributed by atoms with Crippen LogP contribution in [0.25, 0.3) is 0 Å². The molecule has 4 atom stereocenters. The van der Waals surface area contributed by atoms with Crippen LogP contribution in [0.1, 0.15) is 50.2 Å². The van der Waals surface area contributed by atoms with Gasteiger partial charge in [0.05, 0.1) is 6.61 Å². The Labute approximate surface area is 240 Å². The van der Waals surface area contributed by atoms with Crippen LogP contribution in [0.3, 0.4) is 0 Å². The Morgan fingerprint density at radius 3 is 2.15 bits per heavy atom. The third-order valence-electron chi connectivity index (χ3n) is 7.58. The molecule has 4 amide bonds. The van der Waals surface area contributed by atoms with E-state index in [0.29, 0.717) is 51.0 Å². The summed E-state index contributed by atoms with van der Waals surface area (Å²) in [6.45, 7) is 2.79. The van der Waals surface area contributed by atoms with Gasteiger partial charge in [-0.1, -0.05) is 42.5 Å². The summed E-state index contributed by atoms with van der Waals surface area (Å²) in [7, 11) is 0. The van der Waals surface area contributed by atoms with E-state index in [1.807, 2.05) is 49.4 Å². The average molecular weight is 565 g/mol. The van der Waals surface area contributed by atoms with E-state index in [0.717, 1.165) is 11.1 Å². The van der Waals surface area contributed by atoms with Crippen LogP contribution in [0.5, 0.6) is 5.75 Å². The van der Waals surface area contributed by atoms with Crippen molar-refractivity contribution in [3.63, 3.8) is 0 Å². The summed E-state index contributed by atoms with van der Waals surface area (Å²) >= 11 is 0. The maximum atomic E-state index is 13.9. The molecule has 2 aliphatic rings. The van der Waals surface area contributed by atoms with E-state index in [-0.39, 0.29) is 31.3 Å². The highest BCUT2D eigenvalue weighted by atomic mass is 16.5. The summed E-state index contributed by atoms with van der Waals surface area (Å²) in [4.78, 5) is 56.1. The first-order valence-corrected chi connectivity index (χ1v) is 14.5. The van der Waals surface area contributed by atoms with E-state index in [1.165, 1.54) is 4.90 Å². The van der Waals surface area contributed by atoms with Gasteiger partial charge in [0, 0.05) is 26.0 Å². The molecule has 2 aromatic rings. The minimum Gasteiger partial charge on any atom is -0.494 e. The predicted octanol–water partition coefficient (Wildman–Crippen LogP) is 1.49. The number of nitrogens with zero attached hydrogens (tertiary/aromatic N) is 1. The zero-order chi connectivity index (χ0) is 29.2. The second kappa shape index (κ2) is 14.6. The molecule has 0 bridgehead atoms. The molecular formula is C31H40N4O6. The second-order valence-corrected chi connectivity index (χ2v) is 10.6. The van der Waals surface area contributed by atoms with E-state index >= 15 is 0 Å². The summed E-state index contributed by atoms with van der Waals surface area (Å²) in [5.41, 5.74) is 1.67. The van der Waals surface area contributed by atoms with Gasteiger partial charge in [0.15, 0.2) is 0 Å². The number of nitrogens with one attached hydrogen (secondary N) is 3. The van der Waals surface area contributed by atoms with Gasteiger partial charge in [-0.15, -0.1) is 0 Å². The Morgan fingerprint density at radius 2 is 1.44 bits per heavy atom. The molecule has 220 valence electrons. The number of fused-ring (bicyclic) bond motifs is 1. The topological polar surface area (TPSA) is 137 Å². The lowest BCUT2D eigenvalue weighted by Gasteiger charge is -2.32. The fraction of sp³-hybridized carbons (Fsp3) is 0.484. The van der Waals surface area contributed by atoms with Gasteiger partial charge in [-0.2, -0.15) is 0 Å². The Bertz CT molecular complexity index is 1190. The lowest BCUT2D eigenvalue weighted by molar-refractivity contribution is -0.143. The molecule has 0 unspecified atom stereocenters. The van der Waals surface area contributed by atoms with Crippen LogP contribution in [0.4, 0.5) is 0 Å². The van der Waals surface area contributed by atoms with E-state index in [4.69, 9.17) is 4.74 Å². The third kappa shape index (κ3) is 8.07. The Balaban J connectivity index is 1.65. The molecule has 0 aromatic heterocycles. The van der Waals surface area contributed by atoms with Crippen molar-refractivity contribution >= 4 is 23.6 Å². The van der Waals surface area contributed by atoms with Gasteiger partial charge in [-0.3, -0.25) is 19.2 Å². The number of aliphatic hydroxyl groups excluding tert-OH is 1. The van der Waals surface area contributed by atoms with Crippen LogP contribution >= 0.6 is 0 Å². The summed E-state index contributed by atoms with van der Waals surface area (Å²) in [5.74, 6) is -0.947. The van der Waals surface area contributed by atoms with Gasteiger partial charge in [-0.25, -0.2) is 0 Å². The summed E-state index contributed by atoms with van der Waals surface area (Å²) in [6, 6.07) is 13.2. The SMILES string of the molecule is CCOc1ccc(C[C@@H]2NC(=O)[C@H](CCCCO)NC(=O)[C@H]3CCCN3C(=O)[C@H](Cc3ccccc3)NC2=O)cc1. The van der Waals surface area contributed by atoms with Gasteiger partial charge >= 0.3 is 0 Å². The largest absolute Gasteiger partial charge is 0.494 e. The van der Waals surface area contributed by atoms with Crippen LogP contribution in [0.15, 0.2) is 54.6 Å². The highest BCUT2D eigenvalue weighted by Crippen LogP contribution is 2.21. The molecule has 0 aliphatic carbocycles. The van der Waals surface area contributed by atoms with Crippen LogP contribution in [0, 0.1) is 0 Å². The first-order valence-electron chi connectivity index (χ1n) is 14.5. The number of hydrogen-bond acceptors (Lipinski definition) is 6. The van der Waals surface area contributed by atoms with Crippen molar-refractivity contribution in [2.75, 3.05) is 19.8 Å². The van der Waals surface area contributed by atoms with E-state index in [1.54, 1.807) is 12.1 Å². The van der Waals surface area contributed by atoms with Gasteiger partial charge < -0.3 is 30.7 Å². The van der Waals surface area contributed by atoms with Crippen molar-refractivity contribution in [2.45, 2.75) is 76.0 Å². The maximum Gasteiger partial charge on any atom is 0.246 e. The molecule has 10 nitrogen and oxygen atoms in total. The number of aliphatic hydroxyl groups is 1. The second-order valence-electron chi connectivity index (χ2n) is 10.6. The zero-order valence-electron chi connectivity index (χ0n) is 23.5. The Hall–Kier alpha value is -3.92. The number of unbranched alkanes of at least 4 members (excludes halogenated alkanes) is 1. The number of rotatable bonds is 10. The molecule has 2 aromatic carbocycles. The Kier molecular flexibility index (Phi) is 10.7. The molecule has 0 radical (unpaired) electrons. The first-order chi connectivity index (χ1) is 19.9. The first kappa shape index (κ1) is 30.0. The standard InChI is InChI=1S/C31H40N4O6/c1-2-41-23-15-13-22(14-16-23)19-25-29(38)34-26(20-21-9-4-3-5-10-21)31(40)35-17-8-12-27(35)30(39)32-24(28(37)33-25)11-6-7-18-36/h3-5,9-10,13-16,24-27,36H,2,6-8,11-12,17-20H2,1H3,(H,32,39)(H,33,37)(H,34,38)/t24-,25-,26-,27+/m0/s1. The molecule has 4 rings (SSSR count). The molecule has 10 heteroatoms. The van der Waals surface area contributed by atoms with Crippen molar-refractivity contribution in [3.05, 3.63) is 65.7 Å². The molecule has 4 N–H and O–H groups in total. The molecule has 2 heterocycles. The predicted molar refractivity (Wildman–Crippen MR) is 153 cm³/mol. The summed E-state index contributed by atoms with van der Waals surface area (Å²) < 4.78 is 5.52. The summed E-state index contributed by atoms with van der Waals surface area (Å²) in [5, 5.41) is 17.9. The van der Waals surface area contributed by atoms with E-state index in [2.05, 4.69) is 16.0 Å². The highest BCUT2D eigenvalue weighted by molar-refractivity contribution is 5.98. The number of carbonyl (C=O) groups is 4. The lowest BCUT2D eigenvalue weighted by atomic mass is 10.00. The molecule has 2 aliphatic heterocycles. The van der Waals surface area contributed by atoms with Gasteiger partial charge in [0.25, 0.3) is 0 Å². The highest BCUT2D eigenvalue weighted by Gasteiger charge is 2.40. The Morgan fingerprint density at radius 1 is 0.805 bits per heavy atom. The third-order valence-corrected chi connectivity index (χ3v) is 7.58. The fourth-order valence-corrected chi connectivity index (χ4v) is 5.43. The quantitative estimate of drug-likeness (QED) is 0.323. The number of amides is 4. The molecule has 2 saturated heterocycles. The minimum absolute atomic E-state index is 0.0290. The number of benzene rings is 2. The van der Waals surface area contributed by atoms with Gasteiger partial charge in [0.1, 0.15) is 29.9 Å². The lowest BCUT2D eigenvalue weighted by Crippen LogP contribution is -2.62. The minimum atomic E-state index is -0.988. The van der Waals surface area contributed by atoms with Crippen molar-refractivity contribution < 1.29 is 29.0 Å². The molecule has 0 saturated carbocycles. The normalized spacial score (nSPS) is 23.5. The molecule has 41 heavy (non-hydrogen) atoms. The van der Waals surface area contributed by atoms with Crippen molar-refractivity contribution in [1.29, 1.82) is 0 Å². The maximum absolute atomic E-state index is 13.9. The van der Waals surface area contributed by atoms with Gasteiger partial charge in [0.2, 0.25) is 23.6 Å². The van der Waals surface area contributed by atoms with E-state index in [9.17, 15) is 24.3 Å². The van der Waals surface area contributed by atoms with Crippen molar-refractivity contribution in [1.82, 2.24) is 20.9 Å². The average Bonchev–Trinajstić information content (AvgIpc) is 3.47. The van der Waals surface area contributed by atoms with Crippen molar-refractivity contribution in [2.24, 2.45) is 0 Å². The van der Waals surface area contributed by atoms with Crippen LogP contribution in [-0.2, 0) is 32.0 Å². The zero-order valence-corrected chi connectivity index (χ0v) is 23.5. The van der Waals surface area contributed by atoms with Crippen LogP contribution < -0.4 is 20.7 Å². The van der Waals surface area contributed by atoms with Crippen molar-refractivity contribution in [3.8, 4) is 5.75 Å². The molecular weight excluding hydrogens is 524 g/mol. The van der Waals surface area contributed by atoms with Gasteiger partial charge in [-0.05, 0) is 62.3 Å². The number of hydrogen-bond donors (Lipinski definition) is 4. The fourth-order valence-electron chi connectivity index (χ4n) is 5.43. The molecule has 2 fully saturated rings. The summed E-state index contributed by atoms with van der Waals surface area (Å²) in [6.07, 6.45) is 2.85. The van der Waals surface area contributed by atoms with Crippen LogP contribution in [0.2, 0.25) is 0 Å². The smallest absolute Gasteiger partial charge is 0.246 e. The molecule has 0 spiro atoms. The van der Waals surface area contributed by atoms with Crippen LogP contribution in [-0.4, -0.2) is 77.6 Å². The number of carbonyl (C=O) groups excluding carboxylic acids is 4.